The molecule has 1 aromatic carbocycles. The normalized spacial score (nSPS) is 19.7. The van der Waals surface area contributed by atoms with E-state index < -0.39 is 29.6 Å². The van der Waals surface area contributed by atoms with E-state index in [0.717, 1.165) is 6.07 Å². The lowest BCUT2D eigenvalue weighted by atomic mass is 9.78. The van der Waals surface area contributed by atoms with Crippen molar-refractivity contribution < 1.29 is 32.2 Å². The Labute approximate surface area is 160 Å². The third kappa shape index (κ3) is 3.16. The molecule has 3 rings (SSSR count). The Kier molecular flexibility index (Phi) is 5.23. The van der Waals surface area contributed by atoms with Crippen molar-refractivity contribution in [3.63, 3.8) is 0 Å². The topological polar surface area (TPSA) is 55.8 Å². The molecule has 5 nitrogen and oxygen atoms in total. The molecule has 2 aliphatic rings. The highest BCUT2D eigenvalue weighted by Gasteiger charge is 2.47. The van der Waals surface area contributed by atoms with Gasteiger partial charge in [-0.25, -0.2) is 9.59 Å². The Bertz CT molecular complexity index is 886. The molecule has 2 aliphatic heterocycles. The second kappa shape index (κ2) is 7.33. The Morgan fingerprint density at radius 3 is 2.57 bits per heavy atom. The van der Waals surface area contributed by atoms with Crippen LogP contribution in [0.15, 0.2) is 46.8 Å². The largest absolute Gasteiger partial charge is 0.463 e. The van der Waals surface area contributed by atoms with E-state index in [2.05, 4.69) is 0 Å². The number of benzene rings is 1. The van der Waals surface area contributed by atoms with Crippen LogP contribution in [0.5, 0.6) is 0 Å². The van der Waals surface area contributed by atoms with E-state index in [1.165, 1.54) is 18.2 Å². The lowest BCUT2D eigenvalue weighted by Crippen LogP contribution is -2.34. The van der Waals surface area contributed by atoms with Crippen LogP contribution in [0.3, 0.4) is 0 Å². The van der Waals surface area contributed by atoms with Gasteiger partial charge in [-0.05, 0) is 32.4 Å². The summed E-state index contributed by atoms with van der Waals surface area (Å²) in [6.45, 7) is 5.53. The Morgan fingerprint density at radius 2 is 1.96 bits per heavy atom. The van der Waals surface area contributed by atoms with Crippen molar-refractivity contribution in [1.82, 2.24) is 4.90 Å². The van der Waals surface area contributed by atoms with Crippen LogP contribution in [0, 0.1) is 0 Å². The third-order valence-electron chi connectivity index (χ3n) is 4.96. The second-order valence-corrected chi connectivity index (χ2v) is 6.42. The summed E-state index contributed by atoms with van der Waals surface area (Å²) < 4.78 is 51.3. The number of alkyl halides is 3. The fourth-order valence-electron chi connectivity index (χ4n) is 3.84. The maximum absolute atomic E-state index is 13.7. The van der Waals surface area contributed by atoms with Crippen molar-refractivity contribution in [3.05, 3.63) is 57.9 Å². The number of cyclic esters (lactones) is 1. The highest BCUT2D eigenvalue weighted by atomic mass is 19.4. The van der Waals surface area contributed by atoms with Crippen LogP contribution >= 0.6 is 0 Å². The van der Waals surface area contributed by atoms with Crippen LogP contribution in [-0.4, -0.2) is 36.6 Å². The predicted octanol–water partition coefficient (Wildman–Crippen LogP) is 3.77. The van der Waals surface area contributed by atoms with Gasteiger partial charge in [0.15, 0.2) is 0 Å². The molecule has 0 saturated carbocycles. The summed E-state index contributed by atoms with van der Waals surface area (Å²) in [5.74, 6) is -2.67. The number of ether oxygens (including phenoxy) is 2. The Balaban J connectivity index is 2.31. The predicted molar refractivity (Wildman–Crippen MR) is 93.9 cm³/mol. The zero-order valence-electron chi connectivity index (χ0n) is 15.7. The number of hydrogen-bond donors (Lipinski definition) is 0. The molecule has 1 atom stereocenters. The molecule has 8 heteroatoms. The van der Waals surface area contributed by atoms with E-state index in [1.54, 1.807) is 18.7 Å². The molecule has 2 heterocycles. The van der Waals surface area contributed by atoms with E-state index in [9.17, 15) is 22.8 Å². The van der Waals surface area contributed by atoms with E-state index in [0.29, 0.717) is 17.9 Å². The molecule has 0 bridgehead atoms. The van der Waals surface area contributed by atoms with Gasteiger partial charge in [-0.2, -0.15) is 13.2 Å². The van der Waals surface area contributed by atoms with E-state index in [1.807, 2.05) is 6.92 Å². The van der Waals surface area contributed by atoms with Crippen molar-refractivity contribution >= 4 is 11.9 Å². The first kappa shape index (κ1) is 20.0. The van der Waals surface area contributed by atoms with Gasteiger partial charge in [0.05, 0.1) is 34.9 Å². The first-order valence-corrected chi connectivity index (χ1v) is 8.94. The second-order valence-electron chi connectivity index (χ2n) is 6.42. The average Bonchev–Trinajstić information content (AvgIpc) is 3.01. The van der Waals surface area contributed by atoms with Crippen LogP contribution in [0.1, 0.15) is 37.8 Å². The molecule has 0 N–H and O–H groups in total. The summed E-state index contributed by atoms with van der Waals surface area (Å²) in [6, 6.07) is 4.96. The number of hydrogen-bond acceptors (Lipinski definition) is 5. The molecule has 0 saturated heterocycles. The van der Waals surface area contributed by atoms with Gasteiger partial charge in [0.25, 0.3) is 0 Å². The number of carbonyl (C=O) groups is 2. The van der Waals surface area contributed by atoms with Crippen LogP contribution in [0.4, 0.5) is 13.2 Å². The number of halogens is 3. The number of esters is 2. The number of carbonyl (C=O) groups excluding carboxylic acids is 2. The monoisotopic (exact) mass is 395 g/mol. The lowest BCUT2D eigenvalue weighted by molar-refractivity contribution is -0.141. The van der Waals surface area contributed by atoms with Gasteiger partial charge < -0.3 is 14.4 Å². The molecule has 0 aromatic heterocycles. The molecule has 150 valence electrons. The van der Waals surface area contributed by atoms with Crippen molar-refractivity contribution in [1.29, 1.82) is 0 Å². The molecule has 0 aliphatic carbocycles. The summed E-state index contributed by atoms with van der Waals surface area (Å²) in [7, 11) is 0. The zero-order valence-corrected chi connectivity index (χ0v) is 15.7. The van der Waals surface area contributed by atoms with Crippen LogP contribution in [0.2, 0.25) is 0 Å². The minimum Gasteiger partial charge on any atom is -0.463 e. The van der Waals surface area contributed by atoms with Gasteiger partial charge in [0, 0.05) is 12.2 Å². The summed E-state index contributed by atoms with van der Waals surface area (Å²) in [5.41, 5.74) is -0.0317. The maximum atomic E-state index is 13.7. The lowest BCUT2D eigenvalue weighted by Gasteiger charge is -2.35. The first-order chi connectivity index (χ1) is 13.2. The molecule has 0 fully saturated rings. The number of likely N-dealkylation sites (N-methyl/N-ethyl adjacent to an activating group) is 1. The highest BCUT2D eigenvalue weighted by molar-refractivity contribution is 6.01. The summed E-state index contributed by atoms with van der Waals surface area (Å²) in [5, 5.41) is 0. The van der Waals surface area contributed by atoms with E-state index in [4.69, 9.17) is 9.47 Å². The molecule has 28 heavy (non-hydrogen) atoms. The standard InChI is InChI=1S/C20H20F3NO4/c1-4-24-11(3)15(18(25)27-5-2)16(17-14(24)10-28-19(17)26)12-8-6-7-9-13(12)20(21,22)23/h6-9,16H,4-5,10H2,1-3H3. The summed E-state index contributed by atoms with van der Waals surface area (Å²) in [4.78, 5) is 27.0. The number of nitrogens with zero attached hydrogens (tertiary/aromatic N) is 1. The first-order valence-electron chi connectivity index (χ1n) is 8.94. The van der Waals surface area contributed by atoms with Gasteiger partial charge >= 0.3 is 18.1 Å². The fraction of sp³-hybridized carbons (Fsp3) is 0.400. The van der Waals surface area contributed by atoms with Crippen molar-refractivity contribution in [2.45, 2.75) is 32.9 Å². The van der Waals surface area contributed by atoms with Gasteiger partial charge in [0.1, 0.15) is 6.61 Å². The maximum Gasteiger partial charge on any atom is 0.416 e. The number of rotatable bonds is 4. The van der Waals surface area contributed by atoms with Gasteiger partial charge in [0.2, 0.25) is 0 Å². The van der Waals surface area contributed by atoms with Crippen LogP contribution < -0.4 is 0 Å². The molecule has 1 unspecified atom stereocenters. The smallest absolute Gasteiger partial charge is 0.416 e. The average molecular weight is 395 g/mol. The highest BCUT2D eigenvalue weighted by Crippen LogP contribution is 2.48. The minimum absolute atomic E-state index is 0.0259. The summed E-state index contributed by atoms with van der Waals surface area (Å²) >= 11 is 0. The molecule has 0 spiro atoms. The molecule has 1 aromatic rings. The van der Waals surface area contributed by atoms with E-state index >= 15 is 0 Å². The Morgan fingerprint density at radius 1 is 1.29 bits per heavy atom. The minimum atomic E-state index is -4.64. The Hall–Kier alpha value is -2.77. The summed E-state index contributed by atoms with van der Waals surface area (Å²) in [6.07, 6.45) is -4.64. The third-order valence-corrected chi connectivity index (χ3v) is 4.96. The van der Waals surface area contributed by atoms with Crippen molar-refractivity contribution in [3.8, 4) is 0 Å². The van der Waals surface area contributed by atoms with Gasteiger partial charge in [-0.1, -0.05) is 18.2 Å². The molecular formula is C20H20F3NO4. The molecule has 0 radical (unpaired) electrons. The van der Waals surface area contributed by atoms with Gasteiger partial charge in [-0.15, -0.1) is 0 Å². The molecular weight excluding hydrogens is 375 g/mol. The van der Waals surface area contributed by atoms with Crippen molar-refractivity contribution in [2.75, 3.05) is 19.8 Å². The zero-order chi connectivity index (χ0) is 20.6. The SMILES string of the molecule is CCOC(=O)C1=C(C)N(CC)C2=C(C(=O)OC2)C1c1ccccc1C(F)(F)F. The van der Waals surface area contributed by atoms with Crippen molar-refractivity contribution in [2.24, 2.45) is 0 Å². The molecule has 0 amide bonds. The van der Waals surface area contributed by atoms with Crippen LogP contribution in [0.25, 0.3) is 0 Å². The van der Waals surface area contributed by atoms with Crippen LogP contribution in [-0.2, 0) is 25.2 Å². The van der Waals surface area contributed by atoms with E-state index in [-0.39, 0.29) is 29.9 Å². The van der Waals surface area contributed by atoms with Gasteiger partial charge in [-0.3, -0.25) is 0 Å². The number of allylic oxidation sites excluding steroid dienone is 1. The fourth-order valence-corrected chi connectivity index (χ4v) is 3.84. The quantitative estimate of drug-likeness (QED) is 0.727.